The molecular formula is C11H23NO. The average molecular weight is 185 g/mol. The third-order valence-electron chi connectivity index (χ3n) is 3.32. The lowest BCUT2D eigenvalue weighted by Crippen LogP contribution is -2.48. The second kappa shape index (κ2) is 4.97. The molecule has 2 heteroatoms. The fraction of sp³-hybridized carbons (Fsp3) is 1.00. The van der Waals surface area contributed by atoms with Crippen molar-refractivity contribution in [3.63, 3.8) is 0 Å². The van der Waals surface area contributed by atoms with Crippen LogP contribution in [0.25, 0.3) is 0 Å². The van der Waals surface area contributed by atoms with Crippen LogP contribution in [0.5, 0.6) is 0 Å². The molecule has 0 saturated heterocycles. The Kier molecular flexibility index (Phi) is 4.20. The van der Waals surface area contributed by atoms with E-state index in [1.54, 1.807) is 0 Å². The second-order valence-corrected chi connectivity index (χ2v) is 4.50. The normalized spacial score (nSPS) is 35.8. The zero-order valence-electron chi connectivity index (χ0n) is 8.97. The van der Waals surface area contributed by atoms with E-state index in [1.165, 1.54) is 19.3 Å². The van der Waals surface area contributed by atoms with Crippen molar-refractivity contribution < 1.29 is 5.11 Å². The summed E-state index contributed by atoms with van der Waals surface area (Å²) < 4.78 is 0. The van der Waals surface area contributed by atoms with Crippen molar-refractivity contribution in [2.75, 3.05) is 13.2 Å². The van der Waals surface area contributed by atoms with E-state index in [0.717, 1.165) is 25.3 Å². The molecular weight excluding hydrogens is 162 g/mol. The third-order valence-corrected chi connectivity index (χ3v) is 3.32. The molecule has 1 aliphatic rings. The van der Waals surface area contributed by atoms with Crippen LogP contribution in [0.15, 0.2) is 0 Å². The van der Waals surface area contributed by atoms with Crippen LogP contribution in [-0.2, 0) is 0 Å². The first kappa shape index (κ1) is 11.0. The van der Waals surface area contributed by atoms with Gasteiger partial charge in [0, 0.05) is 5.54 Å². The Hall–Kier alpha value is -0.0800. The van der Waals surface area contributed by atoms with Gasteiger partial charge in [-0.15, -0.1) is 0 Å². The van der Waals surface area contributed by atoms with Crippen LogP contribution in [-0.4, -0.2) is 23.8 Å². The predicted octanol–water partition coefficient (Wildman–Crippen LogP) is 1.93. The van der Waals surface area contributed by atoms with Crippen molar-refractivity contribution in [3.8, 4) is 0 Å². The van der Waals surface area contributed by atoms with Crippen molar-refractivity contribution in [2.45, 2.75) is 51.5 Å². The molecule has 13 heavy (non-hydrogen) atoms. The molecule has 0 aromatic carbocycles. The summed E-state index contributed by atoms with van der Waals surface area (Å²) in [4.78, 5) is 0. The molecule has 2 atom stereocenters. The Labute approximate surface area is 81.7 Å². The summed E-state index contributed by atoms with van der Waals surface area (Å²) in [6, 6.07) is 0. The van der Waals surface area contributed by atoms with Gasteiger partial charge in [0.25, 0.3) is 0 Å². The lowest BCUT2D eigenvalue weighted by atomic mass is 9.90. The van der Waals surface area contributed by atoms with Crippen LogP contribution in [0, 0.1) is 5.92 Å². The maximum atomic E-state index is 9.42. The highest BCUT2D eigenvalue weighted by atomic mass is 16.3. The van der Waals surface area contributed by atoms with Crippen LogP contribution >= 0.6 is 0 Å². The molecule has 2 unspecified atom stereocenters. The largest absolute Gasteiger partial charge is 0.394 e. The Morgan fingerprint density at radius 1 is 1.38 bits per heavy atom. The number of hydrogen-bond acceptors (Lipinski definition) is 2. The van der Waals surface area contributed by atoms with Crippen LogP contribution in [0.1, 0.15) is 46.0 Å². The quantitative estimate of drug-likeness (QED) is 0.658. The van der Waals surface area contributed by atoms with E-state index in [0.29, 0.717) is 6.61 Å². The zero-order chi connectivity index (χ0) is 9.73. The molecule has 1 rings (SSSR count). The van der Waals surface area contributed by atoms with Crippen molar-refractivity contribution in [3.05, 3.63) is 0 Å². The highest BCUT2D eigenvalue weighted by Crippen LogP contribution is 2.29. The summed E-state index contributed by atoms with van der Waals surface area (Å²) in [5.41, 5.74) is 0.0412. The summed E-state index contributed by atoms with van der Waals surface area (Å²) >= 11 is 0. The molecule has 0 radical (unpaired) electrons. The Morgan fingerprint density at radius 3 is 2.77 bits per heavy atom. The molecule has 1 saturated carbocycles. The van der Waals surface area contributed by atoms with Gasteiger partial charge < -0.3 is 10.4 Å². The summed E-state index contributed by atoms with van der Waals surface area (Å²) in [5, 5.41) is 12.9. The molecule has 78 valence electrons. The zero-order valence-corrected chi connectivity index (χ0v) is 8.97. The van der Waals surface area contributed by atoms with Gasteiger partial charge >= 0.3 is 0 Å². The topological polar surface area (TPSA) is 32.3 Å². The highest BCUT2D eigenvalue weighted by Gasteiger charge is 2.30. The van der Waals surface area contributed by atoms with Crippen molar-refractivity contribution >= 4 is 0 Å². The van der Waals surface area contributed by atoms with E-state index in [1.807, 2.05) is 0 Å². The highest BCUT2D eigenvalue weighted by molar-refractivity contribution is 4.89. The van der Waals surface area contributed by atoms with Gasteiger partial charge in [0.05, 0.1) is 6.61 Å². The van der Waals surface area contributed by atoms with E-state index in [-0.39, 0.29) is 5.54 Å². The second-order valence-electron chi connectivity index (χ2n) is 4.50. The lowest BCUT2D eigenvalue weighted by Gasteiger charge is -2.31. The molecule has 1 fully saturated rings. The Balaban J connectivity index is 2.53. The number of likely N-dealkylation sites (N-methyl/N-ethyl adjacent to an activating group) is 1. The first-order valence-corrected chi connectivity index (χ1v) is 5.58. The first-order valence-electron chi connectivity index (χ1n) is 5.58. The van der Waals surface area contributed by atoms with E-state index >= 15 is 0 Å². The minimum absolute atomic E-state index is 0.0412. The van der Waals surface area contributed by atoms with Crippen LogP contribution in [0.4, 0.5) is 0 Å². The fourth-order valence-electron chi connectivity index (χ4n) is 2.35. The number of rotatable bonds is 3. The van der Waals surface area contributed by atoms with Crippen LogP contribution in [0.3, 0.4) is 0 Å². The minimum Gasteiger partial charge on any atom is -0.394 e. The Morgan fingerprint density at radius 2 is 2.15 bits per heavy atom. The van der Waals surface area contributed by atoms with Crippen molar-refractivity contribution in [1.29, 1.82) is 0 Å². The average Bonchev–Trinajstić information content (AvgIpc) is 2.30. The van der Waals surface area contributed by atoms with E-state index in [4.69, 9.17) is 0 Å². The number of aliphatic hydroxyl groups is 1. The van der Waals surface area contributed by atoms with Gasteiger partial charge in [-0.05, 0) is 31.7 Å². The smallest absolute Gasteiger partial charge is 0.0613 e. The molecule has 0 aromatic heterocycles. The number of nitrogens with one attached hydrogen (secondary N) is 1. The molecule has 0 aliphatic heterocycles. The maximum Gasteiger partial charge on any atom is 0.0613 e. The molecule has 1 aliphatic carbocycles. The van der Waals surface area contributed by atoms with Gasteiger partial charge in [-0.2, -0.15) is 0 Å². The molecule has 2 N–H and O–H groups in total. The molecule has 0 heterocycles. The monoisotopic (exact) mass is 185 g/mol. The summed E-state index contributed by atoms with van der Waals surface area (Å²) in [6.07, 6.45) is 6.12. The van der Waals surface area contributed by atoms with E-state index in [9.17, 15) is 5.11 Å². The maximum absolute atomic E-state index is 9.42. The molecule has 0 spiro atoms. The number of aliphatic hydroxyl groups excluding tert-OH is 1. The molecule has 2 nitrogen and oxygen atoms in total. The molecule has 0 aromatic rings. The van der Waals surface area contributed by atoms with Gasteiger partial charge in [0.15, 0.2) is 0 Å². The van der Waals surface area contributed by atoms with Crippen LogP contribution < -0.4 is 5.32 Å². The van der Waals surface area contributed by atoms with Crippen molar-refractivity contribution in [1.82, 2.24) is 5.32 Å². The SMILES string of the molecule is CCNC1(CO)CCCC(C)CC1. The van der Waals surface area contributed by atoms with E-state index < -0.39 is 0 Å². The summed E-state index contributed by atoms with van der Waals surface area (Å²) in [5.74, 6) is 0.840. The fourth-order valence-corrected chi connectivity index (χ4v) is 2.35. The summed E-state index contributed by atoms with van der Waals surface area (Å²) in [6.45, 7) is 5.70. The van der Waals surface area contributed by atoms with Gasteiger partial charge in [-0.25, -0.2) is 0 Å². The lowest BCUT2D eigenvalue weighted by molar-refractivity contribution is 0.145. The van der Waals surface area contributed by atoms with Gasteiger partial charge in [-0.3, -0.25) is 0 Å². The molecule has 0 bridgehead atoms. The number of hydrogen-bond donors (Lipinski definition) is 2. The third kappa shape index (κ3) is 2.96. The van der Waals surface area contributed by atoms with Gasteiger partial charge in [0.2, 0.25) is 0 Å². The summed E-state index contributed by atoms with van der Waals surface area (Å²) in [7, 11) is 0. The van der Waals surface area contributed by atoms with Gasteiger partial charge in [0.1, 0.15) is 0 Å². The standard InChI is InChI=1S/C11H23NO/c1-3-12-11(9-13)7-4-5-10(2)6-8-11/h10,12-13H,3-9H2,1-2H3. The van der Waals surface area contributed by atoms with Crippen molar-refractivity contribution in [2.24, 2.45) is 5.92 Å². The predicted molar refractivity (Wildman–Crippen MR) is 55.7 cm³/mol. The molecule has 0 amide bonds. The van der Waals surface area contributed by atoms with Crippen LogP contribution in [0.2, 0.25) is 0 Å². The Bertz CT molecular complexity index is 149. The minimum atomic E-state index is 0.0412. The first-order chi connectivity index (χ1) is 6.22. The van der Waals surface area contributed by atoms with E-state index in [2.05, 4.69) is 19.2 Å². The van der Waals surface area contributed by atoms with Gasteiger partial charge in [-0.1, -0.05) is 26.7 Å².